The topological polar surface area (TPSA) is 127 Å². The molecule has 0 unspecified atom stereocenters. The van der Waals surface area contributed by atoms with Crippen molar-refractivity contribution in [2.75, 3.05) is 18.5 Å². The van der Waals surface area contributed by atoms with Crippen LogP contribution in [0.5, 0.6) is 11.5 Å². The van der Waals surface area contributed by atoms with Crippen LogP contribution in [0.25, 0.3) is 5.57 Å². The minimum absolute atomic E-state index is 0.0877. The van der Waals surface area contributed by atoms with Gasteiger partial charge in [-0.25, -0.2) is 4.57 Å². The largest absolute Gasteiger partial charge is 0.475 e. The summed E-state index contributed by atoms with van der Waals surface area (Å²) in [4.78, 5) is 28.3. The molecule has 10 nitrogen and oxygen atoms in total. The van der Waals surface area contributed by atoms with Crippen LogP contribution in [0.2, 0.25) is 0 Å². The van der Waals surface area contributed by atoms with Crippen LogP contribution in [-0.4, -0.2) is 41.1 Å². The van der Waals surface area contributed by atoms with Gasteiger partial charge in [-0.1, -0.05) is 42.5 Å². The Morgan fingerprint density at radius 3 is 2.00 bits per heavy atom. The molecule has 1 N–H and O–H groups in total. The van der Waals surface area contributed by atoms with Crippen LogP contribution < -0.4 is 10.1 Å². The lowest BCUT2D eigenvalue weighted by molar-refractivity contribution is -0.137. The number of nitrogens with zero attached hydrogens (tertiary/aromatic N) is 2. The SMILES string of the molecule is CC(C)(C)OP(=O)(OCCN1C(=O)C(Nc2ccc(Oc3ccccc3C#N)cc2)=C(c2ccccc2)C1=O)OC(C)(C)C. The number of rotatable bonds is 11. The fraction of sp³-hybridized carbons (Fsp3) is 0.303. The molecule has 1 aliphatic rings. The van der Waals surface area contributed by atoms with Crippen molar-refractivity contribution in [3.63, 3.8) is 0 Å². The molecule has 0 fully saturated rings. The van der Waals surface area contributed by atoms with E-state index < -0.39 is 30.8 Å². The first-order valence-corrected chi connectivity index (χ1v) is 15.5. The van der Waals surface area contributed by atoms with E-state index in [1.54, 1.807) is 114 Å². The maximum absolute atomic E-state index is 13.6. The molecule has 3 aromatic rings. The summed E-state index contributed by atoms with van der Waals surface area (Å²) in [6, 6.07) is 24.6. The number of hydrogen-bond donors (Lipinski definition) is 1. The molecule has 1 heterocycles. The van der Waals surface area contributed by atoms with Gasteiger partial charge in [0.05, 0.1) is 35.5 Å². The van der Waals surface area contributed by atoms with Gasteiger partial charge in [-0.2, -0.15) is 5.26 Å². The maximum atomic E-state index is 13.6. The second kappa shape index (κ2) is 13.2. The highest BCUT2D eigenvalue weighted by Gasteiger charge is 2.41. The van der Waals surface area contributed by atoms with Crippen LogP contribution in [0.1, 0.15) is 52.7 Å². The number of benzene rings is 3. The van der Waals surface area contributed by atoms with Gasteiger partial charge in [0.2, 0.25) is 0 Å². The van der Waals surface area contributed by atoms with Gasteiger partial charge < -0.3 is 10.1 Å². The average Bonchev–Trinajstić information content (AvgIpc) is 3.16. The fourth-order valence-corrected chi connectivity index (χ4v) is 6.07. The number of hydrogen-bond acceptors (Lipinski definition) is 9. The highest BCUT2D eigenvalue weighted by molar-refractivity contribution is 7.48. The third kappa shape index (κ3) is 8.43. The molecule has 2 amide bonds. The second-order valence-corrected chi connectivity index (χ2v) is 13.4. The molecule has 0 bridgehead atoms. The van der Waals surface area contributed by atoms with E-state index in [9.17, 15) is 19.4 Å². The van der Waals surface area contributed by atoms with E-state index in [0.717, 1.165) is 4.90 Å². The molecule has 0 spiro atoms. The molecule has 230 valence electrons. The number of nitriles is 1. The summed E-state index contributed by atoms with van der Waals surface area (Å²) in [6.07, 6.45) is 0. The molecule has 0 atom stereocenters. The number of imide groups is 1. The van der Waals surface area contributed by atoms with Gasteiger partial charge >= 0.3 is 7.82 Å². The number of phosphoric acid groups is 1. The van der Waals surface area contributed by atoms with Crippen LogP contribution in [-0.2, 0) is 27.7 Å². The van der Waals surface area contributed by atoms with E-state index in [1.165, 1.54) is 0 Å². The smallest absolute Gasteiger partial charge is 0.456 e. The predicted octanol–water partition coefficient (Wildman–Crippen LogP) is 7.30. The minimum atomic E-state index is -4.05. The van der Waals surface area contributed by atoms with Crippen molar-refractivity contribution in [2.24, 2.45) is 0 Å². The highest BCUT2D eigenvalue weighted by Crippen LogP contribution is 2.55. The first kappa shape index (κ1) is 32.6. The van der Waals surface area contributed by atoms with Crippen LogP contribution >= 0.6 is 7.82 Å². The fourth-order valence-electron chi connectivity index (χ4n) is 4.28. The minimum Gasteiger partial charge on any atom is -0.456 e. The van der Waals surface area contributed by atoms with Gasteiger partial charge in [0.1, 0.15) is 23.3 Å². The van der Waals surface area contributed by atoms with Crippen LogP contribution in [0.4, 0.5) is 5.69 Å². The van der Waals surface area contributed by atoms with E-state index in [0.29, 0.717) is 28.3 Å². The van der Waals surface area contributed by atoms with Crippen molar-refractivity contribution in [3.05, 3.63) is 95.7 Å². The Balaban J connectivity index is 1.53. The Hall–Kier alpha value is -4.26. The van der Waals surface area contributed by atoms with Gasteiger partial charge in [0.25, 0.3) is 11.8 Å². The molecule has 0 radical (unpaired) electrons. The zero-order chi connectivity index (χ0) is 32.1. The van der Waals surface area contributed by atoms with E-state index in [1.807, 2.05) is 6.07 Å². The average molecular weight is 618 g/mol. The standard InChI is InChI=1S/C33H36N3O7P/c1-32(2,3)42-44(39,43-33(4,5)6)40-21-20-36-30(37)28(23-12-8-7-9-13-23)29(31(36)38)35-25-16-18-26(19-17-25)41-27-15-11-10-14-24(27)22-34/h7-19,35H,20-21H2,1-6H3. The van der Waals surface area contributed by atoms with E-state index in [2.05, 4.69) is 11.4 Å². The van der Waals surface area contributed by atoms with Crippen molar-refractivity contribution in [1.82, 2.24) is 4.90 Å². The molecular weight excluding hydrogens is 581 g/mol. The molecule has 1 aliphatic heterocycles. The zero-order valence-corrected chi connectivity index (χ0v) is 26.5. The second-order valence-electron chi connectivity index (χ2n) is 11.9. The summed E-state index contributed by atoms with van der Waals surface area (Å²) in [5.74, 6) is -0.181. The van der Waals surface area contributed by atoms with Crippen molar-refractivity contribution < 1.29 is 32.5 Å². The molecule has 3 aromatic carbocycles. The van der Waals surface area contributed by atoms with E-state index in [4.69, 9.17) is 18.3 Å². The van der Waals surface area contributed by atoms with Gasteiger partial charge in [-0.05, 0) is 83.5 Å². The molecule has 0 saturated heterocycles. The van der Waals surface area contributed by atoms with Crippen LogP contribution in [0, 0.1) is 11.3 Å². The number of phosphoric ester groups is 1. The summed E-state index contributed by atoms with van der Waals surface area (Å²) in [5.41, 5.74) is 0.108. The van der Waals surface area contributed by atoms with E-state index >= 15 is 0 Å². The predicted molar refractivity (Wildman–Crippen MR) is 167 cm³/mol. The molecule has 0 aromatic heterocycles. The lowest BCUT2D eigenvalue weighted by atomic mass is 10.0. The Labute approximate surface area is 257 Å². The number of carbonyl (C=O) groups excluding carboxylic acids is 2. The van der Waals surface area contributed by atoms with Crippen LogP contribution in [0.3, 0.4) is 0 Å². The van der Waals surface area contributed by atoms with Crippen molar-refractivity contribution in [1.29, 1.82) is 5.26 Å². The van der Waals surface area contributed by atoms with E-state index in [-0.39, 0.29) is 24.4 Å². The Morgan fingerprint density at radius 1 is 0.818 bits per heavy atom. The summed E-state index contributed by atoms with van der Waals surface area (Å²) < 4.78 is 36.2. The van der Waals surface area contributed by atoms with Gasteiger partial charge in [-0.15, -0.1) is 0 Å². The summed E-state index contributed by atoms with van der Waals surface area (Å²) in [6.45, 7) is 9.88. The summed E-state index contributed by atoms with van der Waals surface area (Å²) in [7, 11) is -4.05. The monoisotopic (exact) mass is 617 g/mol. The lowest BCUT2D eigenvalue weighted by Crippen LogP contribution is -2.35. The quantitative estimate of drug-likeness (QED) is 0.174. The Morgan fingerprint density at radius 2 is 1.41 bits per heavy atom. The van der Waals surface area contributed by atoms with Crippen molar-refractivity contribution in [3.8, 4) is 17.6 Å². The normalized spacial score (nSPS) is 14.2. The third-order valence-electron chi connectivity index (χ3n) is 5.93. The number of para-hydroxylation sites is 1. The Bertz CT molecular complexity index is 1610. The van der Waals surface area contributed by atoms with Crippen LogP contribution in [0.15, 0.2) is 84.6 Å². The van der Waals surface area contributed by atoms with Gasteiger partial charge in [-0.3, -0.25) is 28.1 Å². The number of ether oxygens (including phenoxy) is 1. The Kier molecular flexibility index (Phi) is 9.77. The highest BCUT2D eigenvalue weighted by atomic mass is 31.2. The molecular formula is C33H36N3O7P. The number of amides is 2. The van der Waals surface area contributed by atoms with Gasteiger partial charge in [0, 0.05) is 5.69 Å². The summed E-state index contributed by atoms with van der Waals surface area (Å²) in [5, 5.41) is 12.4. The number of anilines is 1. The molecule has 44 heavy (non-hydrogen) atoms. The van der Waals surface area contributed by atoms with Crippen molar-refractivity contribution in [2.45, 2.75) is 52.7 Å². The molecule has 4 rings (SSSR count). The molecule has 0 saturated carbocycles. The molecule has 0 aliphatic carbocycles. The zero-order valence-electron chi connectivity index (χ0n) is 25.6. The number of carbonyl (C=O) groups is 2. The third-order valence-corrected chi connectivity index (χ3v) is 7.97. The number of nitrogens with one attached hydrogen (secondary N) is 1. The van der Waals surface area contributed by atoms with Gasteiger partial charge in [0.15, 0.2) is 0 Å². The molecule has 11 heteroatoms. The first-order valence-electron chi connectivity index (χ1n) is 14.0. The van der Waals surface area contributed by atoms with Crippen molar-refractivity contribution >= 4 is 30.9 Å². The first-order chi connectivity index (χ1) is 20.7. The summed E-state index contributed by atoms with van der Waals surface area (Å²) >= 11 is 0. The lowest BCUT2D eigenvalue weighted by Gasteiger charge is -2.31. The maximum Gasteiger partial charge on any atom is 0.475 e.